The molecule has 8 nitrogen and oxygen atoms in total. The number of nitro benzene ring substituents is 1. The molecule has 0 fully saturated rings. The van der Waals surface area contributed by atoms with E-state index in [0.717, 1.165) is 16.5 Å². The molecule has 1 N–H and O–H groups in total. The number of hydrogen-bond donors (Lipinski definition) is 1. The Balaban J connectivity index is 1.87. The smallest absolute Gasteiger partial charge is 0.271 e. The van der Waals surface area contributed by atoms with Crippen LogP contribution in [0.1, 0.15) is 5.56 Å². The summed E-state index contributed by atoms with van der Waals surface area (Å²) in [6, 6.07) is 9.83. The summed E-state index contributed by atoms with van der Waals surface area (Å²) >= 11 is 0. The van der Waals surface area contributed by atoms with E-state index in [1.54, 1.807) is 44.0 Å². The Hall–Kier alpha value is -3.55. The van der Waals surface area contributed by atoms with Crippen molar-refractivity contribution >= 4 is 28.2 Å². The van der Waals surface area contributed by atoms with Gasteiger partial charge in [-0.25, -0.2) is 0 Å². The molecule has 140 valence electrons. The Morgan fingerprint density at radius 2 is 1.96 bits per heavy atom. The van der Waals surface area contributed by atoms with Crippen LogP contribution in [0.3, 0.4) is 0 Å². The van der Waals surface area contributed by atoms with Crippen LogP contribution in [0.2, 0.25) is 0 Å². The fraction of sp³-hybridized carbons (Fsp3) is 0.211. The van der Waals surface area contributed by atoms with Crippen molar-refractivity contribution in [1.29, 1.82) is 0 Å². The number of nitrogens with one attached hydrogen (secondary N) is 1. The molecule has 0 radical (unpaired) electrons. The fourth-order valence-corrected chi connectivity index (χ4v) is 2.86. The molecule has 1 amide bonds. The number of benzene rings is 2. The molecule has 0 atom stereocenters. The quantitative estimate of drug-likeness (QED) is 0.530. The number of hydrogen-bond acceptors (Lipinski definition) is 5. The number of amides is 1. The van der Waals surface area contributed by atoms with Crippen molar-refractivity contribution in [2.75, 3.05) is 19.5 Å². The second kappa shape index (κ2) is 7.36. The Labute approximate surface area is 155 Å². The largest absolute Gasteiger partial charge is 0.497 e. The molecule has 0 saturated carbocycles. The Bertz CT molecular complexity index is 1030. The van der Waals surface area contributed by atoms with Crippen molar-refractivity contribution in [1.82, 2.24) is 4.57 Å². The van der Waals surface area contributed by atoms with E-state index in [1.165, 1.54) is 12.1 Å². The number of carbonyl (C=O) groups excluding carboxylic acids is 1. The van der Waals surface area contributed by atoms with Gasteiger partial charge in [0.15, 0.2) is 0 Å². The molecule has 0 saturated heterocycles. The number of methoxy groups -OCH3 is 2. The predicted octanol–water partition coefficient (Wildman–Crippen LogP) is 3.51. The van der Waals surface area contributed by atoms with Crippen LogP contribution in [0.5, 0.6) is 11.5 Å². The van der Waals surface area contributed by atoms with Crippen LogP contribution in [0, 0.1) is 17.0 Å². The molecule has 2 aromatic carbocycles. The molecular formula is C19H19N3O5. The highest BCUT2D eigenvalue weighted by atomic mass is 16.6. The van der Waals surface area contributed by atoms with Gasteiger partial charge in [-0.1, -0.05) is 6.07 Å². The molecule has 0 spiro atoms. The molecule has 0 aliphatic heterocycles. The topological polar surface area (TPSA) is 95.6 Å². The fourth-order valence-electron chi connectivity index (χ4n) is 2.86. The van der Waals surface area contributed by atoms with Crippen LogP contribution in [0.15, 0.2) is 42.6 Å². The number of aryl methyl sites for hydroxylation is 1. The zero-order chi connectivity index (χ0) is 19.6. The summed E-state index contributed by atoms with van der Waals surface area (Å²) in [6.45, 7) is 1.82. The van der Waals surface area contributed by atoms with Crippen molar-refractivity contribution in [3.05, 3.63) is 58.3 Å². The average Bonchev–Trinajstić information content (AvgIpc) is 3.05. The first-order chi connectivity index (χ1) is 12.9. The maximum atomic E-state index is 12.5. The number of rotatable bonds is 6. The van der Waals surface area contributed by atoms with Crippen LogP contribution in [-0.4, -0.2) is 29.6 Å². The number of anilines is 1. The first-order valence-electron chi connectivity index (χ1n) is 8.18. The van der Waals surface area contributed by atoms with Gasteiger partial charge in [0.1, 0.15) is 18.0 Å². The standard InChI is InChI=1S/C19H19N3O5/c1-12-4-5-13(22(24)25)8-16(12)20-19(23)11-21-7-6-15-17(21)9-14(26-2)10-18(15)27-3/h4-10H,11H2,1-3H3,(H,20,23). The molecule has 3 aromatic rings. The van der Waals surface area contributed by atoms with Gasteiger partial charge in [0.25, 0.3) is 5.69 Å². The molecular weight excluding hydrogens is 350 g/mol. The first kappa shape index (κ1) is 18.2. The monoisotopic (exact) mass is 369 g/mol. The van der Waals surface area contributed by atoms with Crippen LogP contribution in [0.4, 0.5) is 11.4 Å². The summed E-state index contributed by atoms with van der Waals surface area (Å²) in [5, 5.41) is 14.5. The van der Waals surface area contributed by atoms with E-state index in [2.05, 4.69) is 5.32 Å². The van der Waals surface area contributed by atoms with Crippen molar-refractivity contribution in [3.8, 4) is 11.5 Å². The van der Waals surface area contributed by atoms with Gasteiger partial charge >= 0.3 is 0 Å². The van der Waals surface area contributed by atoms with Crippen molar-refractivity contribution in [2.45, 2.75) is 13.5 Å². The minimum absolute atomic E-state index is 0.0436. The highest BCUT2D eigenvalue weighted by molar-refractivity contribution is 5.94. The van der Waals surface area contributed by atoms with Gasteiger partial charge < -0.3 is 19.4 Å². The average molecular weight is 369 g/mol. The summed E-state index contributed by atoms with van der Waals surface area (Å²) in [5.41, 5.74) is 1.88. The second-order valence-electron chi connectivity index (χ2n) is 6.01. The summed E-state index contributed by atoms with van der Waals surface area (Å²) in [6.07, 6.45) is 1.78. The summed E-state index contributed by atoms with van der Waals surface area (Å²) in [5.74, 6) is 0.977. The van der Waals surface area contributed by atoms with E-state index in [9.17, 15) is 14.9 Å². The third kappa shape index (κ3) is 3.69. The number of aromatic nitrogens is 1. The molecule has 0 aliphatic rings. The summed E-state index contributed by atoms with van der Waals surface area (Å²) in [7, 11) is 3.13. The van der Waals surface area contributed by atoms with E-state index < -0.39 is 4.92 Å². The van der Waals surface area contributed by atoms with E-state index in [-0.39, 0.29) is 18.1 Å². The zero-order valence-electron chi connectivity index (χ0n) is 15.2. The van der Waals surface area contributed by atoms with Gasteiger partial charge in [0, 0.05) is 35.8 Å². The van der Waals surface area contributed by atoms with Crippen molar-refractivity contribution in [3.63, 3.8) is 0 Å². The highest BCUT2D eigenvalue weighted by Crippen LogP contribution is 2.32. The van der Waals surface area contributed by atoms with Gasteiger partial charge in [-0.3, -0.25) is 14.9 Å². The minimum Gasteiger partial charge on any atom is -0.497 e. The third-order valence-electron chi connectivity index (χ3n) is 4.30. The molecule has 3 rings (SSSR count). The van der Waals surface area contributed by atoms with Crippen molar-refractivity contribution < 1.29 is 19.2 Å². The van der Waals surface area contributed by atoms with E-state index in [0.29, 0.717) is 17.2 Å². The lowest BCUT2D eigenvalue weighted by Crippen LogP contribution is -2.18. The van der Waals surface area contributed by atoms with Gasteiger partial charge in [0.2, 0.25) is 5.91 Å². The van der Waals surface area contributed by atoms with Gasteiger partial charge in [-0.05, 0) is 18.6 Å². The second-order valence-corrected chi connectivity index (χ2v) is 6.01. The van der Waals surface area contributed by atoms with E-state index in [1.807, 2.05) is 12.1 Å². The van der Waals surface area contributed by atoms with Crippen molar-refractivity contribution in [2.24, 2.45) is 0 Å². The molecule has 1 aromatic heterocycles. The Kier molecular flexibility index (Phi) is 4.98. The van der Waals surface area contributed by atoms with Crippen LogP contribution in [-0.2, 0) is 11.3 Å². The summed E-state index contributed by atoms with van der Waals surface area (Å²) < 4.78 is 12.4. The number of fused-ring (bicyclic) bond motifs is 1. The molecule has 1 heterocycles. The lowest BCUT2D eigenvalue weighted by atomic mass is 10.2. The normalized spacial score (nSPS) is 10.6. The lowest BCUT2D eigenvalue weighted by molar-refractivity contribution is -0.384. The molecule has 0 unspecified atom stereocenters. The predicted molar refractivity (Wildman–Crippen MR) is 102 cm³/mol. The molecule has 8 heteroatoms. The van der Waals surface area contributed by atoms with Crippen LogP contribution >= 0.6 is 0 Å². The molecule has 27 heavy (non-hydrogen) atoms. The number of carbonyl (C=O) groups is 1. The van der Waals surface area contributed by atoms with E-state index in [4.69, 9.17) is 9.47 Å². The van der Waals surface area contributed by atoms with Gasteiger partial charge in [-0.15, -0.1) is 0 Å². The number of ether oxygens (including phenoxy) is 2. The van der Waals surface area contributed by atoms with Gasteiger partial charge in [0.05, 0.1) is 30.3 Å². The molecule has 0 bridgehead atoms. The summed E-state index contributed by atoms with van der Waals surface area (Å²) in [4.78, 5) is 22.9. The highest BCUT2D eigenvalue weighted by Gasteiger charge is 2.14. The number of non-ortho nitro benzene ring substituents is 1. The van der Waals surface area contributed by atoms with Crippen LogP contribution in [0.25, 0.3) is 10.9 Å². The maximum Gasteiger partial charge on any atom is 0.271 e. The minimum atomic E-state index is -0.493. The van der Waals surface area contributed by atoms with Crippen LogP contribution < -0.4 is 14.8 Å². The Morgan fingerprint density at radius 1 is 1.19 bits per heavy atom. The number of nitrogens with zero attached hydrogens (tertiary/aromatic N) is 2. The maximum absolute atomic E-state index is 12.5. The zero-order valence-corrected chi connectivity index (χ0v) is 15.2. The van der Waals surface area contributed by atoms with E-state index >= 15 is 0 Å². The Morgan fingerprint density at radius 3 is 2.63 bits per heavy atom. The lowest BCUT2D eigenvalue weighted by Gasteiger charge is -2.11. The molecule has 0 aliphatic carbocycles. The first-order valence-corrected chi connectivity index (χ1v) is 8.18. The SMILES string of the molecule is COc1cc(OC)c2ccn(CC(=O)Nc3cc([N+](=O)[O-])ccc3C)c2c1. The third-order valence-corrected chi connectivity index (χ3v) is 4.30. The van der Waals surface area contributed by atoms with Gasteiger partial charge in [-0.2, -0.15) is 0 Å². The number of nitro groups is 1.